The summed E-state index contributed by atoms with van der Waals surface area (Å²) in [4.78, 5) is 16.7. The predicted octanol–water partition coefficient (Wildman–Crippen LogP) is 2.39. The summed E-state index contributed by atoms with van der Waals surface area (Å²) in [6, 6.07) is 6.31. The lowest BCUT2D eigenvalue weighted by Gasteiger charge is -2.34. The number of carbonyl (C=O) groups is 1. The Balaban J connectivity index is 1.88. The smallest absolute Gasteiger partial charge is 0.227 e. The third kappa shape index (κ3) is 4.06. The van der Waals surface area contributed by atoms with E-state index in [1.807, 2.05) is 4.90 Å². The fourth-order valence-electron chi connectivity index (χ4n) is 2.54. The molecule has 0 aliphatic carbocycles. The van der Waals surface area contributed by atoms with Crippen molar-refractivity contribution in [1.29, 1.82) is 0 Å². The van der Waals surface area contributed by atoms with Crippen LogP contribution in [0.2, 0.25) is 0 Å². The van der Waals surface area contributed by atoms with Crippen LogP contribution in [0.3, 0.4) is 0 Å². The van der Waals surface area contributed by atoms with Gasteiger partial charge in [-0.05, 0) is 30.5 Å². The molecule has 1 fully saturated rings. The molecular formula is C16H23BrN2O. The second-order valence-corrected chi connectivity index (χ2v) is 6.30. The van der Waals surface area contributed by atoms with Crippen LogP contribution in [0.25, 0.3) is 0 Å². The number of alkyl halides is 1. The van der Waals surface area contributed by atoms with E-state index in [9.17, 15) is 4.79 Å². The first-order valence-corrected chi connectivity index (χ1v) is 8.34. The molecule has 1 amide bonds. The van der Waals surface area contributed by atoms with Crippen LogP contribution in [0.1, 0.15) is 16.7 Å². The average Bonchev–Trinajstić information content (AvgIpc) is 2.44. The maximum absolute atomic E-state index is 12.3. The molecular weight excluding hydrogens is 316 g/mol. The number of hydrogen-bond acceptors (Lipinski definition) is 2. The second-order valence-electron chi connectivity index (χ2n) is 5.51. The van der Waals surface area contributed by atoms with E-state index in [1.165, 1.54) is 11.1 Å². The number of nitrogens with zero attached hydrogens (tertiary/aromatic N) is 2. The van der Waals surface area contributed by atoms with Crippen LogP contribution in [0.4, 0.5) is 0 Å². The van der Waals surface area contributed by atoms with Crippen LogP contribution in [-0.4, -0.2) is 53.8 Å². The molecule has 1 aliphatic heterocycles. The highest BCUT2D eigenvalue weighted by Gasteiger charge is 2.20. The zero-order valence-corrected chi connectivity index (χ0v) is 13.9. The SMILES string of the molecule is Cc1ccc(CC(=O)N2CCN(CCBr)CC2)cc1C. The van der Waals surface area contributed by atoms with Crippen LogP contribution in [-0.2, 0) is 11.2 Å². The van der Waals surface area contributed by atoms with Crippen molar-refractivity contribution in [2.24, 2.45) is 0 Å². The van der Waals surface area contributed by atoms with E-state index in [1.54, 1.807) is 0 Å². The van der Waals surface area contributed by atoms with E-state index in [0.717, 1.165) is 43.6 Å². The highest BCUT2D eigenvalue weighted by Crippen LogP contribution is 2.12. The Hall–Kier alpha value is -0.870. The summed E-state index contributed by atoms with van der Waals surface area (Å²) in [6.07, 6.45) is 0.527. The predicted molar refractivity (Wildman–Crippen MR) is 86.4 cm³/mol. The largest absolute Gasteiger partial charge is 0.340 e. The summed E-state index contributed by atoms with van der Waals surface area (Å²) < 4.78 is 0. The molecule has 1 saturated heterocycles. The maximum atomic E-state index is 12.3. The molecule has 0 radical (unpaired) electrons. The lowest BCUT2D eigenvalue weighted by molar-refractivity contribution is -0.132. The Morgan fingerprint density at radius 3 is 2.45 bits per heavy atom. The Labute approximate surface area is 130 Å². The standard InChI is InChI=1S/C16H23BrN2O/c1-13-3-4-15(11-14(13)2)12-16(20)19-9-7-18(6-5-17)8-10-19/h3-4,11H,5-10,12H2,1-2H3. The third-order valence-corrected chi connectivity index (χ3v) is 4.41. The summed E-state index contributed by atoms with van der Waals surface area (Å²) in [6.45, 7) is 8.97. The van der Waals surface area contributed by atoms with Gasteiger partial charge in [0.05, 0.1) is 6.42 Å². The van der Waals surface area contributed by atoms with Crippen LogP contribution in [0.5, 0.6) is 0 Å². The lowest BCUT2D eigenvalue weighted by atomic mass is 10.0. The van der Waals surface area contributed by atoms with E-state index >= 15 is 0 Å². The van der Waals surface area contributed by atoms with Gasteiger partial charge in [0.1, 0.15) is 0 Å². The van der Waals surface area contributed by atoms with Gasteiger partial charge in [-0.2, -0.15) is 0 Å². The summed E-state index contributed by atoms with van der Waals surface area (Å²) in [7, 11) is 0. The van der Waals surface area contributed by atoms with Gasteiger partial charge in [-0.15, -0.1) is 0 Å². The molecule has 0 bridgehead atoms. The zero-order valence-electron chi connectivity index (χ0n) is 12.4. The second kappa shape index (κ2) is 7.23. The van der Waals surface area contributed by atoms with Crippen LogP contribution < -0.4 is 0 Å². The monoisotopic (exact) mass is 338 g/mol. The van der Waals surface area contributed by atoms with E-state index in [2.05, 4.69) is 52.9 Å². The normalized spacial score (nSPS) is 16.4. The van der Waals surface area contributed by atoms with Crippen molar-refractivity contribution in [3.63, 3.8) is 0 Å². The number of piperazine rings is 1. The minimum absolute atomic E-state index is 0.256. The van der Waals surface area contributed by atoms with E-state index in [-0.39, 0.29) is 5.91 Å². The first kappa shape index (κ1) is 15.5. The van der Waals surface area contributed by atoms with Crippen LogP contribution in [0, 0.1) is 13.8 Å². The summed E-state index contributed by atoms with van der Waals surface area (Å²) in [5, 5.41) is 1.00. The molecule has 0 unspecified atom stereocenters. The van der Waals surface area contributed by atoms with Gasteiger partial charge in [-0.1, -0.05) is 34.1 Å². The van der Waals surface area contributed by atoms with E-state index in [0.29, 0.717) is 6.42 Å². The molecule has 4 heteroatoms. The van der Waals surface area contributed by atoms with Gasteiger partial charge in [0.2, 0.25) is 5.91 Å². The summed E-state index contributed by atoms with van der Waals surface area (Å²) in [5.74, 6) is 0.256. The van der Waals surface area contributed by atoms with Crippen molar-refractivity contribution in [1.82, 2.24) is 9.80 Å². The van der Waals surface area contributed by atoms with Crippen molar-refractivity contribution in [2.75, 3.05) is 38.1 Å². The number of hydrogen-bond donors (Lipinski definition) is 0. The zero-order chi connectivity index (χ0) is 14.5. The number of carbonyl (C=O) groups excluding carboxylic acids is 1. The highest BCUT2D eigenvalue weighted by molar-refractivity contribution is 9.09. The molecule has 1 heterocycles. The molecule has 0 saturated carbocycles. The van der Waals surface area contributed by atoms with Gasteiger partial charge in [-0.25, -0.2) is 0 Å². The first-order chi connectivity index (χ1) is 9.60. The minimum Gasteiger partial charge on any atom is -0.340 e. The molecule has 2 rings (SSSR count). The maximum Gasteiger partial charge on any atom is 0.227 e. The molecule has 0 spiro atoms. The van der Waals surface area contributed by atoms with Crippen LogP contribution in [0.15, 0.2) is 18.2 Å². The van der Waals surface area contributed by atoms with Gasteiger partial charge in [0, 0.05) is 38.1 Å². The molecule has 20 heavy (non-hydrogen) atoms. The van der Waals surface area contributed by atoms with Crippen molar-refractivity contribution < 1.29 is 4.79 Å². The number of amides is 1. The Kier molecular flexibility index (Phi) is 5.61. The van der Waals surface area contributed by atoms with Crippen LogP contribution >= 0.6 is 15.9 Å². The highest BCUT2D eigenvalue weighted by atomic mass is 79.9. The summed E-state index contributed by atoms with van der Waals surface area (Å²) in [5.41, 5.74) is 3.67. The quantitative estimate of drug-likeness (QED) is 0.787. The van der Waals surface area contributed by atoms with Gasteiger partial charge >= 0.3 is 0 Å². The Bertz CT molecular complexity index is 468. The number of aryl methyl sites for hydroxylation is 2. The topological polar surface area (TPSA) is 23.6 Å². The Morgan fingerprint density at radius 1 is 1.15 bits per heavy atom. The molecule has 0 N–H and O–H groups in total. The molecule has 110 valence electrons. The minimum atomic E-state index is 0.256. The number of halogens is 1. The van der Waals surface area contributed by atoms with Gasteiger partial charge in [-0.3, -0.25) is 9.69 Å². The number of rotatable bonds is 4. The summed E-state index contributed by atoms with van der Waals surface area (Å²) >= 11 is 3.46. The molecule has 0 aromatic heterocycles. The van der Waals surface area contributed by atoms with Crippen molar-refractivity contribution >= 4 is 21.8 Å². The van der Waals surface area contributed by atoms with Gasteiger partial charge < -0.3 is 4.90 Å². The molecule has 3 nitrogen and oxygen atoms in total. The van der Waals surface area contributed by atoms with Gasteiger partial charge in [0.15, 0.2) is 0 Å². The number of benzene rings is 1. The van der Waals surface area contributed by atoms with E-state index in [4.69, 9.17) is 0 Å². The van der Waals surface area contributed by atoms with Crippen molar-refractivity contribution in [2.45, 2.75) is 20.3 Å². The first-order valence-electron chi connectivity index (χ1n) is 7.22. The average molecular weight is 339 g/mol. The molecule has 1 aromatic rings. The molecule has 1 aromatic carbocycles. The van der Waals surface area contributed by atoms with Crippen molar-refractivity contribution in [3.8, 4) is 0 Å². The van der Waals surface area contributed by atoms with E-state index < -0.39 is 0 Å². The Morgan fingerprint density at radius 2 is 1.85 bits per heavy atom. The van der Waals surface area contributed by atoms with Gasteiger partial charge in [0.25, 0.3) is 0 Å². The molecule has 1 aliphatic rings. The fraction of sp³-hybridized carbons (Fsp3) is 0.562. The lowest BCUT2D eigenvalue weighted by Crippen LogP contribution is -2.49. The van der Waals surface area contributed by atoms with Crippen molar-refractivity contribution in [3.05, 3.63) is 34.9 Å². The molecule has 0 atom stereocenters. The third-order valence-electron chi connectivity index (χ3n) is 4.05. The fourth-order valence-corrected chi connectivity index (χ4v) is 3.04.